The van der Waals surface area contributed by atoms with Crippen LogP contribution >= 0.6 is 0 Å². The van der Waals surface area contributed by atoms with Crippen molar-refractivity contribution in [1.82, 2.24) is 0 Å². The zero-order valence-electron chi connectivity index (χ0n) is 16.3. The van der Waals surface area contributed by atoms with Crippen LogP contribution in [0.4, 0.5) is 0 Å². The average molecular weight is 475 g/mol. The van der Waals surface area contributed by atoms with Crippen LogP contribution in [0.1, 0.15) is 64.6 Å². The van der Waals surface area contributed by atoms with Gasteiger partial charge in [0.15, 0.2) is 0 Å². The molecule has 0 bridgehead atoms. The number of halogens is 2. The van der Waals surface area contributed by atoms with Crippen LogP contribution in [0, 0.1) is 27.7 Å². The van der Waals surface area contributed by atoms with Crippen molar-refractivity contribution in [3.05, 3.63) is 79.9 Å². The Labute approximate surface area is 186 Å². The summed E-state index contributed by atoms with van der Waals surface area (Å²) >= 11 is -0.622. The van der Waals surface area contributed by atoms with Gasteiger partial charge in [0, 0.05) is 0 Å². The van der Waals surface area contributed by atoms with Gasteiger partial charge < -0.3 is 24.8 Å². The van der Waals surface area contributed by atoms with Crippen LogP contribution in [0.5, 0.6) is 0 Å². The Morgan fingerprint density at radius 2 is 1.00 bits per heavy atom. The van der Waals surface area contributed by atoms with Gasteiger partial charge in [-0.05, 0) is 0 Å². The number of hydrogen-bond donors (Lipinski definition) is 0. The van der Waals surface area contributed by atoms with Gasteiger partial charge in [0.2, 0.25) is 0 Å². The van der Waals surface area contributed by atoms with Crippen LogP contribution in [0.25, 0.3) is 12.2 Å². The van der Waals surface area contributed by atoms with Crippen LogP contribution in [0.15, 0.2) is 35.4 Å². The van der Waals surface area contributed by atoms with Gasteiger partial charge in [-0.2, -0.15) is 0 Å². The predicted molar refractivity (Wildman–Crippen MR) is 103 cm³/mol. The number of allylic oxidation sites excluding steroid dienone is 2. The summed E-state index contributed by atoms with van der Waals surface area (Å²) in [6.07, 6.45) is 7.62. The van der Waals surface area contributed by atoms with E-state index in [2.05, 4.69) is 64.1 Å². The molecule has 5 rings (SSSR count). The first-order valence-corrected chi connectivity index (χ1v) is 12.2. The molecule has 3 aliphatic rings. The zero-order valence-corrected chi connectivity index (χ0v) is 20.3. The van der Waals surface area contributed by atoms with Crippen molar-refractivity contribution >= 4 is 12.2 Å². The summed E-state index contributed by atoms with van der Waals surface area (Å²) in [4.78, 5) is 0. The van der Waals surface area contributed by atoms with Crippen molar-refractivity contribution in [2.45, 2.75) is 47.8 Å². The molecule has 0 aromatic heterocycles. The van der Waals surface area contributed by atoms with Gasteiger partial charge in [-0.3, -0.25) is 0 Å². The van der Waals surface area contributed by atoms with Gasteiger partial charge in [0.05, 0.1) is 0 Å². The molecular weight excluding hydrogens is 450 g/mol. The maximum atomic E-state index is 2.54. The Hall–Kier alpha value is -0.617. The average Bonchev–Trinajstić information content (AvgIpc) is 3.00. The van der Waals surface area contributed by atoms with E-state index in [-0.39, 0.29) is 24.8 Å². The molecule has 2 aromatic rings. The summed E-state index contributed by atoms with van der Waals surface area (Å²) in [5.41, 5.74) is 15.7. The van der Waals surface area contributed by atoms with E-state index in [1.54, 1.807) is 22.3 Å². The molecule has 2 unspecified atom stereocenters. The summed E-state index contributed by atoms with van der Waals surface area (Å²) in [5.74, 6) is 0. The number of hydrogen-bond acceptors (Lipinski definition) is 0. The van der Waals surface area contributed by atoms with Crippen LogP contribution in [0.2, 0.25) is 0 Å². The summed E-state index contributed by atoms with van der Waals surface area (Å²) in [6, 6.07) is 9.87. The van der Waals surface area contributed by atoms with E-state index in [0.29, 0.717) is 0 Å². The monoisotopic (exact) mass is 472 g/mol. The molecule has 1 saturated heterocycles. The molecular formula is C24H24Cl2Zr. The van der Waals surface area contributed by atoms with Gasteiger partial charge >= 0.3 is 163 Å². The maximum absolute atomic E-state index is 2.54. The SMILES string of the molecule is Cc1cc2c(cc1C)[CH]1[Zr+2][CH]3C(=Cc4cc(C)c(C)cc43)CCC1=C2.[Cl-].[Cl-]. The van der Waals surface area contributed by atoms with E-state index in [4.69, 9.17) is 0 Å². The van der Waals surface area contributed by atoms with E-state index in [1.165, 1.54) is 46.2 Å². The molecule has 0 spiro atoms. The fourth-order valence-electron chi connectivity index (χ4n) is 4.72. The van der Waals surface area contributed by atoms with Crippen LogP contribution in [0.3, 0.4) is 0 Å². The molecule has 27 heavy (non-hydrogen) atoms. The quantitative estimate of drug-likeness (QED) is 0.518. The summed E-state index contributed by atoms with van der Waals surface area (Å²) in [5, 5.41) is 0. The van der Waals surface area contributed by atoms with Gasteiger partial charge in [-0.1, -0.05) is 0 Å². The maximum Gasteiger partial charge on any atom is -1.00 e. The number of benzene rings is 2. The third-order valence-corrected chi connectivity index (χ3v) is 11.5. The first-order chi connectivity index (χ1) is 12.0. The van der Waals surface area contributed by atoms with Crippen LogP contribution in [-0.4, -0.2) is 0 Å². The Kier molecular flexibility index (Phi) is 5.99. The molecule has 0 nitrogen and oxygen atoms in total. The van der Waals surface area contributed by atoms with Crippen molar-refractivity contribution in [3.63, 3.8) is 0 Å². The fourth-order valence-corrected chi connectivity index (χ4v) is 9.82. The first-order valence-electron chi connectivity index (χ1n) is 9.40. The number of aryl methyl sites for hydroxylation is 4. The van der Waals surface area contributed by atoms with Crippen LogP contribution in [-0.2, 0) is 23.2 Å². The second-order valence-corrected chi connectivity index (χ2v) is 11.8. The molecule has 1 aliphatic heterocycles. The van der Waals surface area contributed by atoms with Crippen molar-refractivity contribution in [2.24, 2.45) is 0 Å². The third-order valence-electron chi connectivity index (χ3n) is 6.48. The first kappa shape index (κ1) is 21.1. The van der Waals surface area contributed by atoms with E-state index in [0.717, 1.165) is 7.25 Å². The van der Waals surface area contributed by atoms with Gasteiger partial charge in [-0.25, -0.2) is 0 Å². The Bertz CT molecular complexity index is 905. The number of rotatable bonds is 0. The molecule has 3 heteroatoms. The normalized spacial score (nSPS) is 20.9. The minimum absolute atomic E-state index is 0. The third kappa shape index (κ3) is 3.35. The van der Waals surface area contributed by atoms with Crippen molar-refractivity contribution < 1.29 is 48.0 Å². The molecule has 2 atom stereocenters. The second kappa shape index (κ2) is 7.66. The largest absolute Gasteiger partial charge is 1.00 e. The van der Waals surface area contributed by atoms with Gasteiger partial charge in [0.25, 0.3) is 0 Å². The minimum atomic E-state index is -0.622. The molecule has 1 fully saturated rings. The van der Waals surface area contributed by atoms with E-state index >= 15 is 0 Å². The number of fused-ring (bicyclic) bond motifs is 6. The van der Waals surface area contributed by atoms with Crippen molar-refractivity contribution in [3.8, 4) is 0 Å². The van der Waals surface area contributed by atoms with Crippen molar-refractivity contribution in [2.75, 3.05) is 0 Å². The van der Waals surface area contributed by atoms with Crippen LogP contribution < -0.4 is 24.8 Å². The Balaban J connectivity index is 0.00000105. The molecule has 138 valence electrons. The smallest absolute Gasteiger partial charge is 1.00 e. The summed E-state index contributed by atoms with van der Waals surface area (Å²) < 4.78 is 1.59. The van der Waals surface area contributed by atoms with E-state index in [9.17, 15) is 0 Å². The van der Waals surface area contributed by atoms with Gasteiger partial charge in [-0.15, -0.1) is 0 Å². The Morgan fingerprint density at radius 1 is 0.630 bits per heavy atom. The Morgan fingerprint density at radius 3 is 1.41 bits per heavy atom. The van der Waals surface area contributed by atoms with E-state index in [1.807, 2.05) is 0 Å². The zero-order chi connectivity index (χ0) is 17.3. The summed E-state index contributed by atoms with van der Waals surface area (Å²) in [7, 11) is 0. The van der Waals surface area contributed by atoms with Crippen molar-refractivity contribution in [1.29, 1.82) is 0 Å². The molecule has 2 aromatic carbocycles. The molecule has 0 amide bonds. The fraction of sp³-hybridized carbons (Fsp3) is 0.333. The second-order valence-electron chi connectivity index (χ2n) is 8.10. The topological polar surface area (TPSA) is 0 Å². The summed E-state index contributed by atoms with van der Waals surface area (Å²) in [6.45, 7) is 9.05. The van der Waals surface area contributed by atoms with E-state index < -0.39 is 23.2 Å². The minimum Gasteiger partial charge on any atom is -1.00 e. The van der Waals surface area contributed by atoms with Gasteiger partial charge in [0.1, 0.15) is 0 Å². The molecule has 1 heterocycles. The standard InChI is InChI=1S/C24H24.2ClH.Zr/c1-15-7-21-11-19(12-22(21)8-16(15)2)5-6-20-13-23-9-17(3)18(4)10-24(23)14-20;;;/h7-14H,5-6H2,1-4H3;2*1H;/q;;;+2/p-2. The predicted octanol–water partition coefficient (Wildman–Crippen LogP) is 0.381. The molecule has 0 saturated carbocycles. The molecule has 2 aliphatic carbocycles. The molecule has 0 radical (unpaired) electrons. The molecule has 0 N–H and O–H groups in total.